The highest BCUT2D eigenvalue weighted by Crippen LogP contribution is 2.28. The molecule has 0 aliphatic heterocycles. The van der Waals surface area contributed by atoms with Gasteiger partial charge < -0.3 is 5.32 Å². The number of aryl methyl sites for hydroxylation is 1. The second-order valence-corrected chi connectivity index (χ2v) is 7.06. The zero-order valence-corrected chi connectivity index (χ0v) is 13.2. The number of hydrogen-bond donors (Lipinski definition) is 1. The summed E-state index contributed by atoms with van der Waals surface area (Å²) in [4.78, 5) is 0. The molecule has 2 aromatic rings. The van der Waals surface area contributed by atoms with Gasteiger partial charge in [-0.1, -0.05) is 29.0 Å². The molecule has 1 aromatic carbocycles. The van der Waals surface area contributed by atoms with Gasteiger partial charge in [-0.05, 0) is 45.4 Å². The van der Waals surface area contributed by atoms with Crippen molar-refractivity contribution in [3.63, 3.8) is 0 Å². The zero-order valence-electron chi connectivity index (χ0n) is 11.6. The lowest BCUT2D eigenvalue weighted by atomic mass is 10.1. The first-order valence-corrected chi connectivity index (χ1v) is 7.38. The van der Waals surface area contributed by atoms with E-state index in [2.05, 4.69) is 36.3 Å². The van der Waals surface area contributed by atoms with E-state index in [9.17, 15) is 0 Å². The molecule has 0 saturated heterocycles. The molecular weight excluding hydrogens is 278 g/mol. The van der Waals surface area contributed by atoms with Gasteiger partial charge in [0, 0.05) is 16.1 Å². The van der Waals surface area contributed by atoms with Gasteiger partial charge >= 0.3 is 0 Å². The number of benzene rings is 1. The number of aromatic nitrogens is 2. The third-order valence-corrected chi connectivity index (χ3v) is 3.85. The highest BCUT2D eigenvalue weighted by molar-refractivity contribution is 7.14. The first kappa shape index (κ1) is 14.4. The zero-order chi connectivity index (χ0) is 14.0. The molecule has 0 bridgehead atoms. The van der Waals surface area contributed by atoms with Gasteiger partial charge in [-0.25, -0.2) is 0 Å². The molecule has 1 heterocycles. The molecule has 3 nitrogen and oxygen atoms in total. The van der Waals surface area contributed by atoms with Gasteiger partial charge in [0.25, 0.3) is 0 Å². The van der Waals surface area contributed by atoms with Gasteiger partial charge in [-0.15, -0.1) is 10.2 Å². The maximum atomic E-state index is 5.97. The van der Waals surface area contributed by atoms with Gasteiger partial charge in [0.05, 0.1) is 6.54 Å². The molecule has 0 atom stereocenters. The smallest absolute Gasteiger partial charge is 0.148 e. The molecular formula is C14H18ClN3S. The van der Waals surface area contributed by atoms with Crippen molar-refractivity contribution in [3.05, 3.63) is 33.8 Å². The monoisotopic (exact) mass is 295 g/mol. The summed E-state index contributed by atoms with van der Waals surface area (Å²) in [7, 11) is 0. The maximum Gasteiger partial charge on any atom is 0.148 e. The summed E-state index contributed by atoms with van der Waals surface area (Å²) in [5.74, 6) is 0. The van der Waals surface area contributed by atoms with Crippen LogP contribution >= 0.6 is 22.9 Å². The van der Waals surface area contributed by atoms with E-state index in [1.54, 1.807) is 11.3 Å². The maximum absolute atomic E-state index is 5.97. The minimum absolute atomic E-state index is 0.0853. The molecule has 102 valence electrons. The Bertz CT molecular complexity index is 572. The predicted molar refractivity (Wildman–Crippen MR) is 81.7 cm³/mol. The molecule has 0 unspecified atom stereocenters. The Labute approximate surface area is 123 Å². The Morgan fingerprint density at radius 3 is 2.63 bits per heavy atom. The van der Waals surface area contributed by atoms with E-state index in [0.717, 1.165) is 32.7 Å². The van der Waals surface area contributed by atoms with Crippen LogP contribution in [0.2, 0.25) is 5.02 Å². The first-order valence-electron chi connectivity index (χ1n) is 6.19. The Kier molecular flexibility index (Phi) is 4.23. The SMILES string of the molecule is Cc1cc(Cl)ccc1-c1nnc(CNC(C)(C)C)s1. The minimum Gasteiger partial charge on any atom is -0.306 e. The first-order chi connectivity index (χ1) is 8.85. The highest BCUT2D eigenvalue weighted by Gasteiger charge is 2.12. The second-order valence-electron chi connectivity index (χ2n) is 5.56. The number of halogens is 1. The quantitative estimate of drug-likeness (QED) is 0.928. The Balaban J connectivity index is 2.16. The molecule has 19 heavy (non-hydrogen) atoms. The van der Waals surface area contributed by atoms with Crippen molar-refractivity contribution in [2.45, 2.75) is 39.8 Å². The van der Waals surface area contributed by atoms with Crippen LogP contribution < -0.4 is 5.32 Å². The van der Waals surface area contributed by atoms with E-state index in [1.807, 2.05) is 25.1 Å². The summed E-state index contributed by atoms with van der Waals surface area (Å²) < 4.78 is 0. The van der Waals surface area contributed by atoms with Crippen LogP contribution in [0.15, 0.2) is 18.2 Å². The van der Waals surface area contributed by atoms with E-state index in [-0.39, 0.29) is 5.54 Å². The normalized spacial score (nSPS) is 11.8. The lowest BCUT2D eigenvalue weighted by molar-refractivity contribution is 0.423. The van der Waals surface area contributed by atoms with Crippen molar-refractivity contribution < 1.29 is 0 Å². The molecule has 0 radical (unpaired) electrons. The average Bonchev–Trinajstić information content (AvgIpc) is 2.74. The molecule has 0 aliphatic carbocycles. The number of nitrogens with one attached hydrogen (secondary N) is 1. The largest absolute Gasteiger partial charge is 0.306 e. The van der Waals surface area contributed by atoms with E-state index in [1.165, 1.54) is 0 Å². The van der Waals surface area contributed by atoms with Gasteiger partial charge in [0.1, 0.15) is 10.0 Å². The van der Waals surface area contributed by atoms with Crippen LogP contribution in [0.4, 0.5) is 0 Å². The molecule has 5 heteroatoms. The van der Waals surface area contributed by atoms with Crippen molar-refractivity contribution >= 4 is 22.9 Å². The van der Waals surface area contributed by atoms with Crippen molar-refractivity contribution in [3.8, 4) is 10.6 Å². The van der Waals surface area contributed by atoms with E-state index in [0.29, 0.717) is 0 Å². The lowest BCUT2D eigenvalue weighted by Gasteiger charge is -2.19. The van der Waals surface area contributed by atoms with Crippen LogP contribution in [0.25, 0.3) is 10.6 Å². The van der Waals surface area contributed by atoms with E-state index in [4.69, 9.17) is 11.6 Å². The molecule has 0 spiro atoms. The molecule has 0 saturated carbocycles. The van der Waals surface area contributed by atoms with Crippen LogP contribution in [0.3, 0.4) is 0 Å². The van der Waals surface area contributed by atoms with Gasteiger partial charge in [0.15, 0.2) is 0 Å². The number of nitrogens with zero attached hydrogens (tertiary/aromatic N) is 2. The molecule has 0 fully saturated rings. The summed E-state index contributed by atoms with van der Waals surface area (Å²) in [5, 5.41) is 14.6. The van der Waals surface area contributed by atoms with Crippen LogP contribution in [0.1, 0.15) is 31.3 Å². The minimum atomic E-state index is 0.0853. The van der Waals surface area contributed by atoms with Crippen molar-refractivity contribution in [1.29, 1.82) is 0 Å². The molecule has 1 N–H and O–H groups in total. The molecule has 0 aliphatic rings. The standard InChI is InChI=1S/C14H18ClN3S/c1-9-7-10(15)5-6-11(9)13-18-17-12(19-13)8-16-14(2,3)4/h5-7,16H,8H2,1-4H3. The predicted octanol–water partition coefficient (Wildman–Crippen LogP) is 4.06. The van der Waals surface area contributed by atoms with Crippen molar-refractivity contribution in [2.24, 2.45) is 0 Å². The van der Waals surface area contributed by atoms with Crippen molar-refractivity contribution in [2.75, 3.05) is 0 Å². The highest BCUT2D eigenvalue weighted by atomic mass is 35.5. The van der Waals surface area contributed by atoms with Crippen molar-refractivity contribution in [1.82, 2.24) is 15.5 Å². The third kappa shape index (κ3) is 4.00. The fourth-order valence-electron chi connectivity index (χ4n) is 1.64. The van der Waals surface area contributed by atoms with Gasteiger partial charge in [-0.3, -0.25) is 0 Å². The number of hydrogen-bond acceptors (Lipinski definition) is 4. The summed E-state index contributed by atoms with van der Waals surface area (Å²) in [5.41, 5.74) is 2.31. The van der Waals surface area contributed by atoms with E-state index >= 15 is 0 Å². The van der Waals surface area contributed by atoms with Crippen LogP contribution in [0.5, 0.6) is 0 Å². The third-order valence-electron chi connectivity index (χ3n) is 2.66. The Hall–Kier alpha value is -0.970. The Morgan fingerprint density at radius 2 is 2.00 bits per heavy atom. The summed E-state index contributed by atoms with van der Waals surface area (Å²) in [6, 6.07) is 5.84. The van der Waals surface area contributed by atoms with Crippen LogP contribution in [0, 0.1) is 6.92 Å². The van der Waals surface area contributed by atoms with Gasteiger partial charge in [-0.2, -0.15) is 0 Å². The summed E-state index contributed by atoms with van der Waals surface area (Å²) >= 11 is 7.59. The average molecular weight is 296 g/mol. The van der Waals surface area contributed by atoms with E-state index < -0.39 is 0 Å². The summed E-state index contributed by atoms with van der Waals surface area (Å²) in [6.07, 6.45) is 0. The summed E-state index contributed by atoms with van der Waals surface area (Å²) in [6.45, 7) is 9.19. The van der Waals surface area contributed by atoms with Crippen LogP contribution in [-0.2, 0) is 6.54 Å². The van der Waals surface area contributed by atoms with Gasteiger partial charge in [0.2, 0.25) is 0 Å². The Morgan fingerprint density at radius 1 is 1.26 bits per heavy atom. The molecule has 0 amide bonds. The van der Waals surface area contributed by atoms with Crippen LogP contribution in [-0.4, -0.2) is 15.7 Å². The second kappa shape index (κ2) is 5.57. The lowest BCUT2D eigenvalue weighted by Crippen LogP contribution is -2.35. The molecule has 2 rings (SSSR count). The topological polar surface area (TPSA) is 37.8 Å². The fourth-order valence-corrected chi connectivity index (χ4v) is 2.74. The number of rotatable bonds is 3. The molecule has 1 aromatic heterocycles. The fraction of sp³-hybridized carbons (Fsp3) is 0.429.